The summed E-state index contributed by atoms with van der Waals surface area (Å²) in [6.45, 7) is 38.4. The molecular formula is C44H66. The molecule has 2 aromatic carbocycles. The third-order valence-electron chi connectivity index (χ3n) is 10.1. The van der Waals surface area contributed by atoms with Gasteiger partial charge in [-0.2, -0.15) is 0 Å². The number of benzene rings is 2. The molecule has 0 aliphatic heterocycles. The van der Waals surface area contributed by atoms with Gasteiger partial charge in [0.05, 0.1) is 0 Å². The highest BCUT2D eigenvalue weighted by Crippen LogP contribution is 2.53. The van der Waals surface area contributed by atoms with Crippen LogP contribution in [0.3, 0.4) is 0 Å². The number of fused-ring (bicyclic) bond motifs is 2. The molecule has 2 atom stereocenters. The summed E-state index contributed by atoms with van der Waals surface area (Å²) in [5, 5.41) is 0. The topological polar surface area (TPSA) is 0 Å². The molecule has 0 saturated carbocycles. The van der Waals surface area contributed by atoms with Crippen molar-refractivity contribution in [3.8, 4) is 0 Å². The van der Waals surface area contributed by atoms with Crippen LogP contribution in [-0.4, -0.2) is 0 Å². The minimum absolute atomic E-state index is 0.115. The van der Waals surface area contributed by atoms with E-state index in [0.29, 0.717) is 23.7 Å². The highest BCUT2D eigenvalue weighted by atomic mass is 14.4. The van der Waals surface area contributed by atoms with E-state index in [4.69, 9.17) is 0 Å². The fourth-order valence-corrected chi connectivity index (χ4v) is 8.23. The summed E-state index contributed by atoms with van der Waals surface area (Å²) >= 11 is 0. The average molecular weight is 595 g/mol. The van der Waals surface area contributed by atoms with Crippen LogP contribution in [-0.2, 0) is 21.7 Å². The molecule has 0 bridgehead atoms. The van der Waals surface area contributed by atoms with Gasteiger partial charge in [0, 0.05) is 11.8 Å². The molecule has 0 spiro atoms. The van der Waals surface area contributed by atoms with Crippen LogP contribution < -0.4 is 0 Å². The molecule has 2 aromatic rings. The van der Waals surface area contributed by atoms with E-state index in [0.717, 1.165) is 0 Å². The molecule has 2 aliphatic carbocycles. The Kier molecular flexibility index (Phi) is 9.44. The van der Waals surface area contributed by atoms with E-state index in [1.165, 1.54) is 36.8 Å². The van der Waals surface area contributed by atoms with E-state index in [1.54, 1.807) is 44.5 Å². The van der Waals surface area contributed by atoms with E-state index in [-0.39, 0.29) is 21.7 Å². The van der Waals surface area contributed by atoms with E-state index in [9.17, 15) is 0 Å². The van der Waals surface area contributed by atoms with Crippen LogP contribution in [0.4, 0.5) is 0 Å². The first-order valence-electron chi connectivity index (χ1n) is 17.8. The minimum Gasteiger partial charge on any atom is -0.0625 e. The number of hydrogen-bond acceptors (Lipinski definition) is 0. The van der Waals surface area contributed by atoms with E-state index >= 15 is 0 Å². The molecule has 0 heterocycles. The van der Waals surface area contributed by atoms with Gasteiger partial charge in [-0.05, 0) is 104 Å². The van der Waals surface area contributed by atoms with Crippen LogP contribution in [0.1, 0.15) is 193 Å². The zero-order valence-electron chi connectivity index (χ0n) is 31.6. The number of allylic oxidation sites excluding steroid dienone is 2. The van der Waals surface area contributed by atoms with Crippen molar-refractivity contribution in [2.24, 2.45) is 11.8 Å². The normalized spacial score (nSPS) is 19.0. The molecule has 0 nitrogen and oxygen atoms in total. The average Bonchev–Trinajstić information content (AvgIpc) is 3.35. The summed E-state index contributed by atoms with van der Waals surface area (Å²) in [5.74, 6) is 2.30. The number of rotatable bonds is 7. The third-order valence-corrected chi connectivity index (χ3v) is 10.1. The van der Waals surface area contributed by atoms with Gasteiger partial charge in [-0.15, -0.1) is 0 Å². The van der Waals surface area contributed by atoms with Crippen molar-refractivity contribution in [1.29, 1.82) is 0 Å². The molecule has 44 heavy (non-hydrogen) atoms. The highest BCUT2D eigenvalue weighted by molar-refractivity contribution is 5.74. The lowest BCUT2D eigenvalue weighted by molar-refractivity contribution is 0.515. The predicted molar refractivity (Wildman–Crippen MR) is 197 cm³/mol. The molecule has 0 radical (unpaired) electrons. The Bertz CT molecular complexity index is 1310. The zero-order valence-corrected chi connectivity index (χ0v) is 31.6. The van der Waals surface area contributed by atoms with E-state index in [1.807, 2.05) is 0 Å². The second kappa shape index (κ2) is 11.9. The first-order valence-corrected chi connectivity index (χ1v) is 17.8. The molecule has 2 unspecified atom stereocenters. The fraction of sp³-hybridized carbons (Fsp3) is 0.636. The van der Waals surface area contributed by atoms with Crippen molar-refractivity contribution in [3.05, 3.63) is 79.9 Å². The first-order chi connectivity index (χ1) is 20.0. The predicted octanol–water partition coefficient (Wildman–Crippen LogP) is 13.4. The molecule has 0 fully saturated rings. The smallest absolute Gasteiger partial charge is 0.00609 e. The maximum Gasteiger partial charge on any atom is 0.00609 e. The van der Waals surface area contributed by atoms with Crippen molar-refractivity contribution >= 4 is 12.2 Å². The molecule has 0 saturated heterocycles. The molecule has 2 aliphatic rings. The van der Waals surface area contributed by atoms with Crippen molar-refractivity contribution in [1.82, 2.24) is 0 Å². The Morgan fingerprint density at radius 1 is 0.455 bits per heavy atom. The summed E-state index contributed by atoms with van der Waals surface area (Å²) in [6.07, 6.45) is 10.1. The van der Waals surface area contributed by atoms with Gasteiger partial charge in [0.25, 0.3) is 0 Å². The van der Waals surface area contributed by atoms with Gasteiger partial charge in [-0.1, -0.05) is 158 Å². The van der Waals surface area contributed by atoms with Gasteiger partial charge >= 0.3 is 0 Å². The molecule has 0 aromatic heterocycles. The zero-order chi connectivity index (χ0) is 33.2. The summed E-state index contributed by atoms with van der Waals surface area (Å²) in [4.78, 5) is 0. The van der Waals surface area contributed by atoms with Crippen molar-refractivity contribution in [3.63, 3.8) is 0 Å². The van der Waals surface area contributed by atoms with Crippen LogP contribution in [0.25, 0.3) is 12.2 Å². The Balaban J connectivity index is 1.89. The summed E-state index contributed by atoms with van der Waals surface area (Å²) in [7, 11) is 0. The van der Waals surface area contributed by atoms with Crippen molar-refractivity contribution < 1.29 is 0 Å². The Morgan fingerprint density at radius 2 is 0.727 bits per heavy atom. The Labute approximate surface area is 273 Å². The molecule has 0 heteroatoms. The van der Waals surface area contributed by atoms with Crippen LogP contribution in [0, 0.1) is 11.8 Å². The number of hydrogen-bond donors (Lipinski definition) is 0. The van der Waals surface area contributed by atoms with Gasteiger partial charge in [0.2, 0.25) is 0 Å². The third kappa shape index (κ3) is 7.00. The summed E-state index contributed by atoms with van der Waals surface area (Å²) in [5.41, 5.74) is 16.3. The van der Waals surface area contributed by atoms with E-state index < -0.39 is 0 Å². The molecule has 242 valence electrons. The molecule has 0 N–H and O–H groups in total. The van der Waals surface area contributed by atoms with Crippen LogP contribution >= 0.6 is 0 Å². The van der Waals surface area contributed by atoms with Crippen molar-refractivity contribution in [2.45, 2.75) is 170 Å². The van der Waals surface area contributed by atoms with Gasteiger partial charge in [-0.3, -0.25) is 0 Å². The van der Waals surface area contributed by atoms with Crippen LogP contribution in [0.5, 0.6) is 0 Å². The largest absolute Gasteiger partial charge is 0.0625 e. The van der Waals surface area contributed by atoms with Gasteiger partial charge < -0.3 is 0 Å². The van der Waals surface area contributed by atoms with Gasteiger partial charge in [-0.25, -0.2) is 0 Å². The Hall–Kier alpha value is -2.08. The summed E-state index contributed by atoms with van der Waals surface area (Å²) < 4.78 is 0. The van der Waals surface area contributed by atoms with Crippen LogP contribution in [0.15, 0.2) is 35.4 Å². The Morgan fingerprint density at radius 3 is 0.977 bits per heavy atom. The van der Waals surface area contributed by atoms with Gasteiger partial charge in [0.15, 0.2) is 0 Å². The standard InChI is InChI=1S/C44H66/c1-27(2)23-29-25-33-35(41(5,6)7)19-21-37(43(11,12)13)39(33)31(29)17-18-32-30(24-28(3)4)26-34-36(42(8,9)10)20-22-38(40(32)34)44(14,15)16/h19-22,25-28,31-32H,17-18,23-24H2,1-16H3. The molecular weight excluding hydrogens is 528 g/mol. The lowest BCUT2D eigenvalue weighted by Crippen LogP contribution is -2.21. The quantitative estimate of drug-likeness (QED) is 0.299. The second-order valence-corrected chi connectivity index (χ2v) is 19.3. The van der Waals surface area contributed by atoms with Crippen molar-refractivity contribution in [2.75, 3.05) is 0 Å². The lowest BCUT2D eigenvalue weighted by atomic mass is 9.71. The second-order valence-electron chi connectivity index (χ2n) is 19.3. The maximum absolute atomic E-state index is 2.64. The van der Waals surface area contributed by atoms with E-state index in [2.05, 4.69) is 147 Å². The summed E-state index contributed by atoms with van der Waals surface area (Å²) in [6, 6.07) is 9.87. The maximum atomic E-state index is 2.64. The van der Waals surface area contributed by atoms with Gasteiger partial charge in [0.1, 0.15) is 0 Å². The molecule has 4 rings (SSSR count). The first kappa shape index (κ1) is 34.8. The SMILES string of the molecule is CC(C)CC1=Cc2c(C(C)(C)C)ccc(C(C)(C)C)c2C1CCC1C(CC(C)C)=Cc2c(C(C)(C)C)ccc(C(C)(C)C)c21. The van der Waals surface area contributed by atoms with Crippen LogP contribution in [0.2, 0.25) is 0 Å². The monoisotopic (exact) mass is 595 g/mol. The lowest BCUT2D eigenvalue weighted by Gasteiger charge is -2.33. The molecule has 0 amide bonds. The fourth-order valence-electron chi connectivity index (χ4n) is 8.23. The minimum atomic E-state index is 0.115. The highest BCUT2D eigenvalue weighted by Gasteiger charge is 2.38.